The molecule has 0 saturated heterocycles. The van der Waals surface area contributed by atoms with E-state index in [4.69, 9.17) is 9.47 Å². The lowest BCUT2D eigenvalue weighted by molar-refractivity contribution is -0.119. The number of aromatic nitrogens is 2. The molecule has 1 heterocycles. The van der Waals surface area contributed by atoms with Crippen LogP contribution in [0.2, 0.25) is 0 Å². The number of hydrogen-bond acceptors (Lipinski definition) is 5. The topological polar surface area (TPSA) is 82.5 Å². The smallest absolute Gasteiger partial charge is 0.267 e. The van der Waals surface area contributed by atoms with Gasteiger partial charge in [-0.2, -0.15) is 5.10 Å². The van der Waals surface area contributed by atoms with E-state index in [-0.39, 0.29) is 11.5 Å². The minimum Gasteiger partial charge on any atom is -0.493 e. The number of methoxy groups -OCH3 is 2. The highest BCUT2D eigenvalue weighted by Crippen LogP contribution is 2.30. The fraction of sp³-hybridized carbons (Fsp3) is 0.227. The molecule has 3 aromatic rings. The van der Waals surface area contributed by atoms with E-state index in [0.29, 0.717) is 22.9 Å². The molecule has 7 heteroatoms. The van der Waals surface area contributed by atoms with Crippen molar-refractivity contribution in [1.82, 2.24) is 9.78 Å². The molecule has 2 aromatic carbocycles. The molecule has 0 aliphatic carbocycles. The van der Waals surface area contributed by atoms with E-state index >= 15 is 0 Å². The first-order valence-corrected chi connectivity index (χ1v) is 9.12. The largest absolute Gasteiger partial charge is 0.493 e. The second kappa shape index (κ2) is 8.60. The van der Waals surface area contributed by atoms with Gasteiger partial charge in [-0.3, -0.25) is 9.59 Å². The van der Waals surface area contributed by atoms with Gasteiger partial charge in [0.05, 0.1) is 19.9 Å². The zero-order valence-electron chi connectivity index (χ0n) is 16.8. The first-order chi connectivity index (χ1) is 13.9. The third-order valence-corrected chi connectivity index (χ3v) is 4.57. The lowest BCUT2D eigenvalue weighted by atomic mass is 10.1. The monoisotopic (exact) mass is 393 g/mol. The van der Waals surface area contributed by atoms with E-state index in [2.05, 4.69) is 10.4 Å². The Morgan fingerprint density at radius 3 is 2.34 bits per heavy atom. The van der Waals surface area contributed by atoms with Gasteiger partial charge in [0.25, 0.3) is 5.56 Å². The summed E-state index contributed by atoms with van der Waals surface area (Å²) in [7, 11) is 3.06. The summed E-state index contributed by atoms with van der Waals surface area (Å²) in [6.07, 6.45) is 0. The minimum absolute atomic E-state index is 0.351. The zero-order valence-corrected chi connectivity index (χ0v) is 16.8. The molecular weight excluding hydrogens is 370 g/mol. The highest BCUT2D eigenvalue weighted by molar-refractivity contribution is 5.93. The summed E-state index contributed by atoms with van der Waals surface area (Å²) in [5, 5.41) is 7.18. The van der Waals surface area contributed by atoms with Crippen molar-refractivity contribution in [2.45, 2.75) is 19.9 Å². The van der Waals surface area contributed by atoms with Gasteiger partial charge in [-0.15, -0.1) is 0 Å². The molecule has 1 N–H and O–H groups in total. The Bertz CT molecular complexity index is 1070. The lowest BCUT2D eigenvalue weighted by Gasteiger charge is -2.16. The molecule has 1 aromatic heterocycles. The Morgan fingerprint density at radius 1 is 1.00 bits per heavy atom. The Kier molecular flexibility index (Phi) is 5.97. The number of ether oxygens (including phenoxy) is 2. The van der Waals surface area contributed by atoms with Crippen molar-refractivity contribution < 1.29 is 14.3 Å². The van der Waals surface area contributed by atoms with E-state index in [1.165, 1.54) is 25.0 Å². The molecule has 1 amide bonds. The van der Waals surface area contributed by atoms with Gasteiger partial charge in [0.1, 0.15) is 6.04 Å². The molecule has 0 aliphatic heterocycles. The maximum atomic E-state index is 12.7. The summed E-state index contributed by atoms with van der Waals surface area (Å²) in [4.78, 5) is 25.1. The quantitative estimate of drug-likeness (QED) is 0.694. The summed E-state index contributed by atoms with van der Waals surface area (Å²) >= 11 is 0. The van der Waals surface area contributed by atoms with E-state index in [0.717, 1.165) is 11.1 Å². The molecule has 0 saturated carbocycles. The predicted molar refractivity (Wildman–Crippen MR) is 112 cm³/mol. The Morgan fingerprint density at radius 2 is 1.69 bits per heavy atom. The average molecular weight is 393 g/mol. The maximum absolute atomic E-state index is 12.7. The number of rotatable bonds is 6. The summed E-state index contributed by atoms with van der Waals surface area (Å²) in [6, 6.07) is 15.1. The molecule has 3 rings (SSSR count). The number of nitrogens with one attached hydrogen (secondary N) is 1. The number of nitrogens with zero attached hydrogens (tertiary/aromatic N) is 2. The highest BCUT2D eigenvalue weighted by Gasteiger charge is 2.19. The van der Waals surface area contributed by atoms with E-state index in [1.54, 1.807) is 31.2 Å². The molecule has 1 atom stereocenters. The van der Waals surface area contributed by atoms with Gasteiger partial charge >= 0.3 is 0 Å². The van der Waals surface area contributed by atoms with Crippen LogP contribution >= 0.6 is 0 Å². The SMILES string of the molecule is COc1ccc(NC(=O)C(C)n2nc(-c3ccc(C)cc3)ccc2=O)cc1OC. The number of anilines is 1. The van der Waals surface area contributed by atoms with Gasteiger partial charge in [-0.25, -0.2) is 4.68 Å². The molecule has 0 fully saturated rings. The molecule has 0 radical (unpaired) electrons. The predicted octanol–water partition coefficient (Wildman–Crippen LogP) is 3.44. The van der Waals surface area contributed by atoms with Crippen molar-refractivity contribution >= 4 is 11.6 Å². The molecule has 29 heavy (non-hydrogen) atoms. The van der Waals surface area contributed by atoms with Crippen LogP contribution in [0.4, 0.5) is 5.69 Å². The highest BCUT2D eigenvalue weighted by atomic mass is 16.5. The first-order valence-electron chi connectivity index (χ1n) is 9.12. The summed E-state index contributed by atoms with van der Waals surface area (Å²) in [5.74, 6) is 0.685. The minimum atomic E-state index is -0.805. The van der Waals surface area contributed by atoms with Gasteiger partial charge in [0, 0.05) is 23.4 Å². The Labute approximate surface area is 168 Å². The van der Waals surface area contributed by atoms with Crippen molar-refractivity contribution in [2.75, 3.05) is 19.5 Å². The Balaban J connectivity index is 1.85. The second-order valence-corrected chi connectivity index (χ2v) is 6.60. The number of carbonyl (C=O) groups excluding carboxylic acids is 1. The van der Waals surface area contributed by atoms with E-state index < -0.39 is 6.04 Å². The third-order valence-electron chi connectivity index (χ3n) is 4.57. The van der Waals surface area contributed by atoms with Crippen molar-refractivity contribution in [3.8, 4) is 22.8 Å². The number of benzene rings is 2. The molecule has 7 nitrogen and oxygen atoms in total. The molecule has 0 spiro atoms. The first kappa shape index (κ1) is 20.1. The van der Waals surface area contributed by atoms with Crippen LogP contribution in [0.25, 0.3) is 11.3 Å². The van der Waals surface area contributed by atoms with Crippen LogP contribution < -0.4 is 20.3 Å². The Hall–Kier alpha value is -3.61. The van der Waals surface area contributed by atoms with E-state index in [9.17, 15) is 9.59 Å². The van der Waals surface area contributed by atoms with Crippen molar-refractivity contribution in [2.24, 2.45) is 0 Å². The summed E-state index contributed by atoms with van der Waals surface area (Å²) in [6.45, 7) is 3.63. The number of aryl methyl sites for hydroxylation is 1. The van der Waals surface area contributed by atoms with Crippen molar-refractivity contribution in [3.63, 3.8) is 0 Å². The van der Waals surface area contributed by atoms with Crippen LogP contribution in [-0.4, -0.2) is 29.9 Å². The molecular formula is C22H23N3O4. The number of carbonyl (C=O) groups is 1. The van der Waals surface area contributed by atoms with E-state index in [1.807, 2.05) is 31.2 Å². The maximum Gasteiger partial charge on any atom is 0.267 e. The van der Waals surface area contributed by atoms with Crippen molar-refractivity contribution in [1.29, 1.82) is 0 Å². The van der Waals surface area contributed by atoms with Gasteiger partial charge in [-0.05, 0) is 32.0 Å². The second-order valence-electron chi connectivity index (χ2n) is 6.60. The third kappa shape index (κ3) is 4.45. The van der Waals surface area contributed by atoms with Gasteiger partial charge in [0.2, 0.25) is 5.91 Å². The van der Waals surface area contributed by atoms with Crippen LogP contribution in [0.15, 0.2) is 59.4 Å². The van der Waals surface area contributed by atoms with Crippen molar-refractivity contribution in [3.05, 3.63) is 70.5 Å². The fourth-order valence-electron chi connectivity index (χ4n) is 2.85. The molecule has 150 valence electrons. The summed E-state index contributed by atoms with van der Waals surface area (Å²) < 4.78 is 11.6. The summed E-state index contributed by atoms with van der Waals surface area (Å²) in [5.41, 5.74) is 2.80. The number of hydrogen-bond donors (Lipinski definition) is 1. The number of amides is 1. The molecule has 1 unspecified atom stereocenters. The van der Waals surface area contributed by atoms with Crippen LogP contribution in [0.3, 0.4) is 0 Å². The van der Waals surface area contributed by atoms with Crippen LogP contribution in [0, 0.1) is 6.92 Å². The lowest BCUT2D eigenvalue weighted by Crippen LogP contribution is -2.33. The fourth-order valence-corrected chi connectivity index (χ4v) is 2.85. The standard InChI is InChI=1S/C22H23N3O4/c1-14-5-7-16(8-6-14)18-10-12-21(26)25(24-18)15(2)22(27)23-17-9-11-19(28-3)20(13-17)29-4/h5-13,15H,1-4H3,(H,23,27). The van der Waals surface area contributed by atoms with Gasteiger partial charge in [-0.1, -0.05) is 29.8 Å². The van der Waals surface area contributed by atoms with Gasteiger partial charge in [0.15, 0.2) is 11.5 Å². The average Bonchev–Trinajstić information content (AvgIpc) is 2.74. The molecule has 0 aliphatic rings. The van der Waals surface area contributed by atoms with Crippen LogP contribution in [0.1, 0.15) is 18.5 Å². The van der Waals surface area contributed by atoms with Crippen LogP contribution in [-0.2, 0) is 4.79 Å². The normalized spacial score (nSPS) is 11.6. The van der Waals surface area contributed by atoms with Gasteiger partial charge < -0.3 is 14.8 Å². The zero-order chi connectivity index (χ0) is 21.0. The van der Waals surface area contributed by atoms with Crippen LogP contribution in [0.5, 0.6) is 11.5 Å². The molecule has 0 bridgehead atoms.